The minimum atomic E-state index is -0.866. The molecule has 4 nitrogen and oxygen atoms in total. The Bertz CT molecular complexity index is 98.2. The summed E-state index contributed by atoms with van der Waals surface area (Å²) >= 11 is 0. The van der Waals surface area contributed by atoms with Gasteiger partial charge in [0.1, 0.15) is 6.23 Å². The molecule has 0 aromatic heterocycles. The summed E-state index contributed by atoms with van der Waals surface area (Å²) in [5, 5.41) is 27.1. The lowest BCUT2D eigenvalue weighted by Crippen LogP contribution is -2.30. The molecule has 54 valence electrons. The molecular weight excluding hydrogens is 122 g/mol. The summed E-state index contributed by atoms with van der Waals surface area (Å²) in [6, 6.07) is 0. The zero-order valence-electron chi connectivity index (χ0n) is 5.06. The topological polar surface area (TPSA) is 63.9 Å². The van der Waals surface area contributed by atoms with Gasteiger partial charge >= 0.3 is 0 Å². The first-order valence-electron chi connectivity index (χ1n) is 3.00. The van der Waals surface area contributed by atoms with E-state index in [1.54, 1.807) is 0 Å². The predicted molar refractivity (Wildman–Crippen MR) is 29.7 cm³/mol. The van der Waals surface area contributed by atoms with Crippen LogP contribution in [0.4, 0.5) is 0 Å². The number of nitrogens with zero attached hydrogens (tertiary/aromatic N) is 1. The van der Waals surface area contributed by atoms with Crippen LogP contribution >= 0.6 is 0 Å². The van der Waals surface area contributed by atoms with Crippen molar-refractivity contribution in [3.63, 3.8) is 0 Å². The second kappa shape index (κ2) is 2.62. The lowest BCUT2D eigenvalue weighted by atomic mass is 10.1. The maximum atomic E-state index is 8.97. The van der Waals surface area contributed by atoms with Crippen LogP contribution in [0.3, 0.4) is 0 Å². The van der Waals surface area contributed by atoms with Crippen molar-refractivity contribution in [2.75, 3.05) is 13.2 Å². The first-order valence-corrected chi connectivity index (χ1v) is 3.00. The van der Waals surface area contributed by atoms with Crippen molar-refractivity contribution in [2.24, 2.45) is 5.92 Å². The van der Waals surface area contributed by atoms with Gasteiger partial charge in [0.2, 0.25) is 0 Å². The Morgan fingerprint density at radius 3 is 2.44 bits per heavy atom. The molecule has 1 fully saturated rings. The Morgan fingerprint density at radius 1 is 1.56 bits per heavy atom. The lowest BCUT2D eigenvalue weighted by molar-refractivity contribution is -0.184. The molecule has 0 aliphatic carbocycles. The molecule has 1 saturated heterocycles. The van der Waals surface area contributed by atoms with E-state index in [0.717, 1.165) is 5.06 Å². The van der Waals surface area contributed by atoms with Crippen LogP contribution in [0.1, 0.15) is 6.42 Å². The summed E-state index contributed by atoms with van der Waals surface area (Å²) in [5.74, 6) is -0.171. The van der Waals surface area contributed by atoms with Gasteiger partial charge in [-0.2, -0.15) is 5.06 Å². The minimum absolute atomic E-state index is 0.0573. The van der Waals surface area contributed by atoms with Crippen LogP contribution in [-0.4, -0.2) is 39.9 Å². The first-order chi connectivity index (χ1) is 4.25. The number of aliphatic hydroxyl groups excluding tert-OH is 2. The molecular formula is C5H11NO3. The lowest BCUT2D eigenvalue weighted by Gasteiger charge is -2.14. The van der Waals surface area contributed by atoms with Crippen molar-refractivity contribution < 1.29 is 15.4 Å². The highest BCUT2D eigenvalue weighted by Gasteiger charge is 2.30. The summed E-state index contributed by atoms with van der Waals surface area (Å²) in [4.78, 5) is 0. The first kappa shape index (κ1) is 6.95. The largest absolute Gasteiger partial charge is 0.396 e. The molecule has 0 aromatic rings. The van der Waals surface area contributed by atoms with Crippen LogP contribution in [0.5, 0.6) is 0 Å². The van der Waals surface area contributed by atoms with E-state index in [2.05, 4.69) is 0 Å². The third kappa shape index (κ3) is 1.21. The van der Waals surface area contributed by atoms with Crippen molar-refractivity contribution in [3.8, 4) is 0 Å². The molecule has 4 heteroatoms. The average Bonchev–Trinajstić information content (AvgIpc) is 2.15. The van der Waals surface area contributed by atoms with E-state index < -0.39 is 6.23 Å². The van der Waals surface area contributed by atoms with Gasteiger partial charge < -0.3 is 15.4 Å². The SMILES string of the molecule is OCC1CCN(O)C1O. The highest BCUT2D eigenvalue weighted by molar-refractivity contribution is 4.73. The summed E-state index contributed by atoms with van der Waals surface area (Å²) in [7, 11) is 0. The van der Waals surface area contributed by atoms with Gasteiger partial charge in [0.15, 0.2) is 0 Å². The summed E-state index contributed by atoms with van der Waals surface area (Å²) < 4.78 is 0. The van der Waals surface area contributed by atoms with Crippen LogP contribution in [0.15, 0.2) is 0 Å². The Balaban J connectivity index is 2.41. The third-order valence-electron chi connectivity index (χ3n) is 1.69. The van der Waals surface area contributed by atoms with Crippen LogP contribution in [0, 0.1) is 5.92 Å². The third-order valence-corrected chi connectivity index (χ3v) is 1.69. The zero-order chi connectivity index (χ0) is 6.85. The molecule has 0 saturated carbocycles. The predicted octanol–water partition coefficient (Wildman–Crippen LogP) is -0.992. The minimum Gasteiger partial charge on any atom is -0.396 e. The van der Waals surface area contributed by atoms with Crippen molar-refractivity contribution in [2.45, 2.75) is 12.6 Å². The van der Waals surface area contributed by atoms with Gasteiger partial charge in [-0.15, -0.1) is 0 Å². The van der Waals surface area contributed by atoms with Crippen LogP contribution < -0.4 is 0 Å². The molecule has 2 unspecified atom stereocenters. The molecule has 1 aliphatic heterocycles. The molecule has 9 heavy (non-hydrogen) atoms. The number of aliphatic hydroxyl groups is 2. The highest BCUT2D eigenvalue weighted by atomic mass is 16.5. The Labute approximate surface area is 53.3 Å². The molecule has 0 aromatic carbocycles. The van der Waals surface area contributed by atoms with Gasteiger partial charge in [-0.05, 0) is 6.42 Å². The van der Waals surface area contributed by atoms with Gasteiger partial charge in [-0.1, -0.05) is 0 Å². The number of rotatable bonds is 1. The average molecular weight is 133 g/mol. The van der Waals surface area contributed by atoms with Crippen molar-refractivity contribution in [1.82, 2.24) is 5.06 Å². The standard InChI is InChI=1S/C5H11NO3/c7-3-4-1-2-6(9)5(4)8/h4-5,7-9H,1-3H2. The highest BCUT2D eigenvalue weighted by Crippen LogP contribution is 2.18. The number of hydrogen-bond acceptors (Lipinski definition) is 4. The summed E-state index contributed by atoms with van der Waals surface area (Å²) in [6.07, 6.45) is -0.205. The Hall–Kier alpha value is -0.160. The zero-order valence-corrected chi connectivity index (χ0v) is 5.06. The van der Waals surface area contributed by atoms with Crippen LogP contribution in [0.2, 0.25) is 0 Å². The van der Waals surface area contributed by atoms with Gasteiger partial charge in [0.05, 0.1) is 0 Å². The van der Waals surface area contributed by atoms with Crippen LogP contribution in [0.25, 0.3) is 0 Å². The molecule has 2 atom stereocenters. The normalized spacial score (nSPS) is 37.7. The maximum Gasteiger partial charge on any atom is 0.134 e. The molecule has 1 heterocycles. The Kier molecular flexibility index (Phi) is 2.02. The van der Waals surface area contributed by atoms with Gasteiger partial charge in [-0.3, -0.25) is 0 Å². The smallest absolute Gasteiger partial charge is 0.134 e. The van der Waals surface area contributed by atoms with E-state index in [9.17, 15) is 0 Å². The molecule has 0 amide bonds. The van der Waals surface area contributed by atoms with Gasteiger partial charge in [-0.25, -0.2) is 0 Å². The number of hydrogen-bond donors (Lipinski definition) is 3. The van der Waals surface area contributed by atoms with Gasteiger partial charge in [0.25, 0.3) is 0 Å². The molecule has 1 rings (SSSR count). The molecule has 0 bridgehead atoms. The second-order valence-corrected chi connectivity index (χ2v) is 2.31. The number of hydroxylamine groups is 2. The fraction of sp³-hybridized carbons (Fsp3) is 1.00. The molecule has 3 N–H and O–H groups in total. The van der Waals surface area contributed by atoms with E-state index in [-0.39, 0.29) is 12.5 Å². The van der Waals surface area contributed by atoms with Crippen LogP contribution in [-0.2, 0) is 0 Å². The fourth-order valence-corrected chi connectivity index (χ4v) is 1.01. The van der Waals surface area contributed by atoms with Crippen molar-refractivity contribution >= 4 is 0 Å². The monoisotopic (exact) mass is 133 g/mol. The van der Waals surface area contributed by atoms with E-state index in [4.69, 9.17) is 15.4 Å². The van der Waals surface area contributed by atoms with E-state index in [1.165, 1.54) is 0 Å². The van der Waals surface area contributed by atoms with Crippen molar-refractivity contribution in [1.29, 1.82) is 0 Å². The second-order valence-electron chi connectivity index (χ2n) is 2.31. The van der Waals surface area contributed by atoms with E-state index in [0.29, 0.717) is 13.0 Å². The maximum absolute atomic E-state index is 8.97. The van der Waals surface area contributed by atoms with Crippen molar-refractivity contribution in [3.05, 3.63) is 0 Å². The molecule has 0 radical (unpaired) electrons. The summed E-state index contributed by atoms with van der Waals surface area (Å²) in [5.41, 5.74) is 0. The van der Waals surface area contributed by atoms with E-state index in [1.807, 2.05) is 0 Å². The molecule has 1 aliphatic rings. The quantitative estimate of drug-likeness (QED) is 0.429. The Morgan fingerprint density at radius 2 is 2.22 bits per heavy atom. The van der Waals surface area contributed by atoms with E-state index >= 15 is 0 Å². The summed E-state index contributed by atoms with van der Waals surface area (Å²) in [6.45, 7) is 0.393. The molecule has 0 spiro atoms. The van der Waals surface area contributed by atoms with Gasteiger partial charge in [0, 0.05) is 19.1 Å². The fourth-order valence-electron chi connectivity index (χ4n) is 1.01.